The molecular formula is C32H52N6O4. The summed E-state index contributed by atoms with van der Waals surface area (Å²) in [5.41, 5.74) is -2.18. The Morgan fingerprint density at radius 3 is 1.76 bits per heavy atom. The van der Waals surface area contributed by atoms with E-state index in [1.807, 2.05) is 0 Å². The highest BCUT2D eigenvalue weighted by atomic mass is 16.3. The maximum Gasteiger partial charge on any atom is 0.332 e. The Morgan fingerprint density at radius 1 is 0.810 bits per heavy atom. The second kappa shape index (κ2) is 16.7. The number of nitrogens with zero attached hydrogens (tertiary/aromatic N) is 6. The molecule has 0 aromatic carbocycles. The van der Waals surface area contributed by atoms with Crippen LogP contribution in [0.15, 0.2) is 15.9 Å². The van der Waals surface area contributed by atoms with E-state index in [4.69, 9.17) is 0 Å². The zero-order valence-corrected chi connectivity index (χ0v) is 26.9. The summed E-state index contributed by atoms with van der Waals surface area (Å²) in [7, 11) is 1.63. The normalized spacial score (nSPS) is 14.4. The molecule has 10 heteroatoms. The molecule has 2 unspecified atom stereocenters. The number of aliphatic hydroxyl groups is 2. The third-order valence-electron chi connectivity index (χ3n) is 7.82. The van der Waals surface area contributed by atoms with E-state index in [1.165, 1.54) is 9.13 Å². The fourth-order valence-corrected chi connectivity index (χ4v) is 4.88. The van der Waals surface area contributed by atoms with Crippen LogP contribution in [-0.2, 0) is 20.1 Å². The third kappa shape index (κ3) is 10.4. The number of aromatic nitrogens is 4. The minimum absolute atomic E-state index is 0.255. The van der Waals surface area contributed by atoms with Crippen molar-refractivity contribution in [1.82, 2.24) is 28.5 Å². The molecular weight excluding hydrogens is 532 g/mol. The standard InChI is InChI=1S/C32H52N6O4/c1-8-35(9-2)22-16-20-31(5,41)18-12-14-24-37-26-33-28-27(37)29(39)38(30(40)34(28)7)25-15-13-19-32(6,42)21-17-23-36(10-3)11-4/h26,41-42H,8-15,18-19,22-25H2,1-7H3. The lowest BCUT2D eigenvalue weighted by Crippen LogP contribution is -2.39. The van der Waals surface area contributed by atoms with Gasteiger partial charge in [-0.15, -0.1) is 0 Å². The van der Waals surface area contributed by atoms with Gasteiger partial charge in [0.2, 0.25) is 0 Å². The number of aryl methyl sites for hydroxylation is 2. The summed E-state index contributed by atoms with van der Waals surface area (Å²) in [6, 6.07) is 0. The maximum atomic E-state index is 13.4. The zero-order valence-electron chi connectivity index (χ0n) is 26.9. The van der Waals surface area contributed by atoms with E-state index in [2.05, 4.69) is 66.2 Å². The van der Waals surface area contributed by atoms with Crippen molar-refractivity contribution in [1.29, 1.82) is 0 Å². The van der Waals surface area contributed by atoms with Crippen LogP contribution in [0.1, 0.15) is 80.1 Å². The predicted molar refractivity (Wildman–Crippen MR) is 169 cm³/mol. The molecule has 0 saturated heterocycles. The van der Waals surface area contributed by atoms with E-state index < -0.39 is 16.9 Å². The molecule has 10 nitrogen and oxygen atoms in total. The van der Waals surface area contributed by atoms with Crippen molar-refractivity contribution in [3.8, 4) is 23.7 Å². The Labute approximate surface area is 251 Å². The summed E-state index contributed by atoms with van der Waals surface area (Å²) >= 11 is 0. The molecule has 2 aromatic rings. The number of fused-ring (bicyclic) bond motifs is 1. The lowest BCUT2D eigenvalue weighted by molar-refractivity contribution is 0.108. The Hall–Kier alpha value is -2.89. The molecule has 0 radical (unpaired) electrons. The Balaban J connectivity index is 2.01. The van der Waals surface area contributed by atoms with E-state index in [1.54, 1.807) is 31.8 Å². The van der Waals surface area contributed by atoms with Gasteiger partial charge in [0.15, 0.2) is 11.2 Å². The molecule has 0 aliphatic rings. The van der Waals surface area contributed by atoms with Crippen LogP contribution in [0, 0.1) is 23.7 Å². The number of unbranched alkanes of at least 4 members (excludes halogenated alkanes) is 2. The van der Waals surface area contributed by atoms with Gasteiger partial charge in [-0.1, -0.05) is 51.4 Å². The molecule has 42 heavy (non-hydrogen) atoms. The Bertz CT molecular complexity index is 1370. The van der Waals surface area contributed by atoms with Crippen molar-refractivity contribution < 1.29 is 10.2 Å². The first-order chi connectivity index (χ1) is 19.9. The topological polar surface area (TPSA) is 109 Å². The van der Waals surface area contributed by atoms with Crippen molar-refractivity contribution in [2.24, 2.45) is 7.05 Å². The largest absolute Gasteiger partial charge is 0.378 e. The van der Waals surface area contributed by atoms with Crippen LogP contribution in [0.4, 0.5) is 0 Å². The van der Waals surface area contributed by atoms with Crippen LogP contribution in [0.25, 0.3) is 11.2 Å². The molecule has 2 rings (SSSR count). The van der Waals surface area contributed by atoms with E-state index in [9.17, 15) is 19.8 Å². The highest BCUT2D eigenvalue weighted by Crippen LogP contribution is 2.15. The molecule has 0 aliphatic carbocycles. The molecule has 2 atom stereocenters. The summed E-state index contributed by atoms with van der Waals surface area (Å²) in [6.07, 6.45) is 5.22. The molecule has 2 aromatic heterocycles. The van der Waals surface area contributed by atoms with Crippen LogP contribution in [0.3, 0.4) is 0 Å². The van der Waals surface area contributed by atoms with Crippen molar-refractivity contribution >= 4 is 11.2 Å². The van der Waals surface area contributed by atoms with Crippen LogP contribution < -0.4 is 11.2 Å². The molecule has 0 fully saturated rings. The monoisotopic (exact) mass is 584 g/mol. The summed E-state index contributed by atoms with van der Waals surface area (Å²) in [6.45, 7) is 17.5. The summed E-state index contributed by atoms with van der Waals surface area (Å²) in [5, 5.41) is 21.3. The van der Waals surface area contributed by atoms with Crippen LogP contribution in [-0.4, -0.2) is 89.2 Å². The van der Waals surface area contributed by atoms with Gasteiger partial charge in [0, 0.05) is 20.1 Å². The smallest absolute Gasteiger partial charge is 0.332 e. The molecule has 0 amide bonds. The van der Waals surface area contributed by atoms with Crippen molar-refractivity contribution in [2.75, 3.05) is 39.3 Å². The number of hydrogen-bond donors (Lipinski definition) is 2. The van der Waals surface area contributed by atoms with Gasteiger partial charge in [0.1, 0.15) is 11.2 Å². The SMILES string of the molecule is CCN(CC)CC#CC(C)(O)CCCCn1c(=O)c2c(ncn2CCCCC(C)(O)C#CCN(CC)CC)n(C)c1=O. The average Bonchev–Trinajstić information content (AvgIpc) is 3.38. The molecule has 0 spiro atoms. The summed E-state index contributed by atoms with van der Waals surface area (Å²) in [5.74, 6) is 12.1. The molecule has 234 valence electrons. The molecule has 0 aliphatic heterocycles. The van der Waals surface area contributed by atoms with Gasteiger partial charge in [0.05, 0.1) is 19.4 Å². The van der Waals surface area contributed by atoms with Crippen molar-refractivity contribution in [3.63, 3.8) is 0 Å². The lowest BCUT2D eigenvalue weighted by atomic mass is 9.99. The first-order valence-electron chi connectivity index (χ1n) is 15.4. The summed E-state index contributed by atoms with van der Waals surface area (Å²) in [4.78, 5) is 35.1. The van der Waals surface area contributed by atoms with Gasteiger partial charge < -0.3 is 14.8 Å². The second-order valence-electron chi connectivity index (χ2n) is 11.4. The van der Waals surface area contributed by atoms with Crippen molar-refractivity contribution in [2.45, 2.75) is 104 Å². The highest BCUT2D eigenvalue weighted by molar-refractivity contribution is 5.69. The average molecular weight is 585 g/mol. The van der Waals surface area contributed by atoms with E-state index in [-0.39, 0.29) is 12.1 Å². The van der Waals surface area contributed by atoms with E-state index >= 15 is 0 Å². The fourth-order valence-electron chi connectivity index (χ4n) is 4.88. The van der Waals surface area contributed by atoms with Crippen LogP contribution in [0.5, 0.6) is 0 Å². The first kappa shape index (κ1) is 35.3. The molecule has 0 saturated carbocycles. The van der Waals surface area contributed by atoms with Crippen LogP contribution in [0.2, 0.25) is 0 Å². The minimum atomic E-state index is -1.12. The molecule has 2 N–H and O–H groups in total. The van der Waals surface area contributed by atoms with Crippen LogP contribution >= 0.6 is 0 Å². The van der Waals surface area contributed by atoms with E-state index in [0.29, 0.717) is 56.5 Å². The minimum Gasteiger partial charge on any atom is -0.378 e. The Kier molecular flexibility index (Phi) is 14.0. The zero-order chi connectivity index (χ0) is 31.3. The van der Waals surface area contributed by atoms with Gasteiger partial charge >= 0.3 is 5.69 Å². The first-order valence-corrected chi connectivity index (χ1v) is 15.4. The summed E-state index contributed by atoms with van der Waals surface area (Å²) < 4.78 is 4.47. The van der Waals surface area contributed by atoms with Gasteiger partial charge in [-0.3, -0.25) is 23.7 Å². The number of hydrogen-bond acceptors (Lipinski definition) is 7. The van der Waals surface area contributed by atoms with Gasteiger partial charge in [-0.2, -0.15) is 0 Å². The van der Waals surface area contributed by atoms with Crippen molar-refractivity contribution in [3.05, 3.63) is 27.2 Å². The lowest BCUT2D eigenvalue weighted by Gasteiger charge is -2.18. The third-order valence-corrected chi connectivity index (χ3v) is 7.82. The fraction of sp³-hybridized carbons (Fsp3) is 0.719. The molecule has 2 heterocycles. The van der Waals surface area contributed by atoms with E-state index in [0.717, 1.165) is 39.0 Å². The number of imidazole rings is 1. The second-order valence-corrected chi connectivity index (χ2v) is 11.4. The van der Waals surface area contributed by atoms with Gasteiger partial charge in [-0.05, 0) is 78.6 Å². The van der Waals surface area contributed by atoms with Gasteiger partial charge in [-0.25, -0.2) is 9.78 Å². The quantitative estimate of drug-likeness (QED) is 0.231. The molecule has 0 bridgehead atoms. The predicted octanol–water partition coefficient (Wildman–Crippen LogP) is 2.43. The highest BCUT2D eigenvalue weighted by Gasteiger charge is 2.19. The Morgan fingerprint density at radius 2 is 1.29 bits per heavy atom. The van der Waals surface area contributed by atoms with Gasteiger partial charge in [0.25, 0.3) is 5.56 Å². The number of rotatable bonds is 16. The maximum absolute atomic E-state index is 13.4.